The summed E-state index contributed by atoms with van der Waals surface area (Å²) in [6, 6.07) is 3.89. The second-order valence-corrected chi connectivity index (χ2v) is 3.44. The highest BCUT2D eigenvalue weighted by atomic mass is 19.1. The monoisotopic (exact) mass is 239 g/mol. The number of hydrogen-bond acceptors (Lipinski definition) is 3. The smallest absolute Gasteiger partial charge is 0.257 e. The van der Waals surface area contributed by atoms with Crippen LogP contribution in [0.4, 0.5) is 4.39 Å². The predicted molar refractivity (Wildman–Crippen MR) is 60.6 cm³/mol. The SMILES string of the molecule is CCNC(=O)COc1ccc(C(C)=O)cc1F. The highest BCUT2D eigenvalue weighted by Crippen LogP contribution is 2.18. The lowest BCUT2D eigenvalue weighted by Crippen LogP contribution is -2.28. The summed E-state index contributed by atoms with van der Waals surface area (Å²) in [5, 5.41) is 2.52. The minimum atomic E-state index is -0.651. The molecule has 5 heteroatoms. The lowest BCUT2D eigenvalue weighted by molar-refractivity contribution is -0.123. The van der Waals surface area contributed by atoms with Crippen LogP contribution in [0.25, 0.3) is 0 Å². The molecule has 0 heterocycles. The summed E-state index contributed by atoms with van der Waals surface area (Å²) in [5.41, 5.74) is 0.271. The molecule has 0 fully saturated rings. The molecule has 0 saturated carbocycles. The second kappa shape index (κ2) is 5.98. The fourth-order valence-corrected chi connectivity index (χ4v) is 1.23. The largest absolute Gasteiger partial charge is 0.481 e. The summed E-state index contributed by atoms with van der Waals surface area (Å²) >= 11 is 0. The molecule has 0 atom stereocenters. The minimum Gasteiger partial charge on any atom is -0.481 e. The van der Waals surface area contributed by atoms with Gasteiger partial charge in [0.25, 0.3) is 5.91 Å². The molecule has 1 aromatic rings. The van der Waals surface area contributed by atoms with Gasteiger partial charge in [-0.3, -0.25) is 9.59 Å². The van der Waals surface area contributed by atoms with Gasteiger partial charge in [0, 0.05) is 12.1 Å². The average Bonchev–Trinajstić information content (AvgIpc) is 2.27. The van der Waals surface area contributed by atoms with Gasteiger partial charge >= 0.3 is 0 Å². The number of Topliss-reactive ketones (excluding diaryl/α,β-unsaturated/α-hetero) is 1. The molecule has 0 aliphatic carbocycles. The maximum Gasteiger partial charge on any atom is 0.257 e. The topological polar surface area (TPSA) is 55.4 Å². The molecule has 17 heavy (non-hydrogen) atoms. The van der Waals surface area contributed by atoms with Gasteiger partial charge in [-0.1, -0.05) is 0 Å². The molecule has 0 bridgehead atoms. The molecule has 0 saturated heterocycles. The van der Waals surface area contributed by atoms with Crippen LogP contribution < -0.4 is 10.1 Å². The molecule has 0 radical (unpaired) electrons. The van der Waals surface area contributed by atoms with Gasteiger partial charge in [0.2, 0.25) is 0 Å². The van der Waals surface area contributed by atoms with Crippen LogP contribution >= 0.6 is 0 Å². The van der Waals surface area contributed by atoms with Crippen molar-refractivity contribution in [1.29, 1.82) is 0 Å². The highest BCUT2D eigenvalue weighted by molar-refractivity contribution is 5.94. The van der Waals surface area contributed by atoms with Gasteiger partial charge in [-0.2, -0.15) is 0 Å². The van der Waals surface area contributed by atoms with E-state index in [1.54, 1.807) is 6.92 Å². The number of benzene rings is 1. The molecular weight excluding hydrogens is 225 g/mol. The number of carbonyl (C=O) groups excluding carboxylic acids is 2. The van der Waals surface area contributed by atoms with Crippen LogP contribution in [0.1, 0.15) is 24.2 Å². The van der Waals surface area contributed by atoms with Crippen LogP contribution in [0.5, 0.6) is 5.75 Å². The zero-order chi connectivity index (χ0) is 12.8. The molecule has 0 aliphatic rings. The number of hydrogen-bond donors (Lipinski definition) is 1. The van der Waals surface area contributed by atoms with Gasteiger partial charge in [-0.05, 0) is 32.0 Å². The fraction of sp³-hybridized carbons (Fsp3) is 0.333. The third kappa shape index (κ3) is 3.86. The zero-order valence-corrected chi connectivity index (χ0v) is 9.75. The molecule has 1 amide bonds. The van der Waals surface area contributed by atoms with Gasteiger partial charge in [0.05, 0.1) is 0 Å². The normalized spacial score (nSPS) is 9.82. The Kier molecular flexibility index (Phi) is 4.63. The maximum absolute atomic E-state index is 13.4. The van der Waals surface area contributed by atoms with Crippen LogP contribution in [-0.2, 0) is 4.79 Å². The molecule has 0 aromatic heterocycles. The Hall–Kier alpha value is -1.91. The number of amides is 1. The number of ketones is 1. The Morgan fingerprint density at radius 2 is 2.12 bits per heavy atom. The summed E-state index contributed by atoms with van der Waals surface area (Å²) in [4.78, 5) is 22.1. The average molecular weight is 239 g/mol. The van der Waals surface area contributed by atoms with Crippen molar-refractivity contribution in [3.63, 3.8) is 0 Å². The Balaban J connectivity index is 2.66. The molecule has 0 unspecified atom stereocenters. The number of likely N-dealkylation sites (N-methyl/N-ethyl adjacent to an activating group) is 1. The van der Waals surface area contributed by atoms with Crippen molar-refractivity contribution in [2.24, 2.45) is 0 Å². The lowest BCUT2D eigenvalue weighted by Gasteiger charge is -2.07. The minimum absolute atomic E-state index is 0.0405. The van der Waals surface area contributed by atoms with Crippen LogP contribution in [0, 0.1) is 5.82 Å². The van der Waals surface area contributed by atoms with E-state index in [0.29, 0.717) is 6.54 Å². The number of ether oxygens (including phenoxy) is 1. The standard InChI is InChI=1S/C12H14FNO3/c1-3-14-12(16)7-17-11-5-4-9(8(2)15)6-10(11)13/h4-6H,3,7H2,1-2H3,(H,14,16). The zero-order valence-electron chi connectivity index (χ0n) is 9.75. The molecule has 1 rings (SSSR count). The van der Waals surface area contributed by atoms with Gasteiger partial charge < -0.3 is 10.1 Å². The molecular formula is C12H14FNO3. The molecule has 0 spiro atoms. The lowest BCUT2D eigenvalue weighted by atomic mass is 10.1. The first-order valence-electron chi connectivity index (χ1n) is 5.24. The van der Waals surface area contributed by atoms with Crippen molar-refractivity contribution < 1.29 is 18.7 Å². The number of rotatable bonds is 5. The molecule has 0 aliphatic heterocycles. The Morgan fingerprint density at radius 3 is 2.65 bits per heavy atom. The van der Waals surface area contributed by atoms with E-state index < -0.39 is 5.82 Å². The summed E-state index contributed by atoms with van der Waals surface area (Å²) in [6.07, 6.45) is 0. The Morgan fingerprint density at radius 1 is 1.41 bits per heavy atom. The van der Waals surface area contributed by atoms with Crippen molar-refractivity contribution in [1.82, 2.24) is 5.32 Å². The van der Waals surface area contributed by atoms with E-state index in [4.69, 9.17) is 4.74 Å². The van der Waals surface area contributed by atoms with E-state index >= 15 is 0 Å². The van der Waals surface area contributed by atoms with Crippen LogP contribution in [-0.4, -0.2) is 24.8 Å². The van der Waals surface area contributed by atoms with E-state index in [1.807, 2.05) is 0 Å². The summed E-state index contributed by atoms with van der Waals surface area (Å²) in [6.45, 7) is 3.38. The maximum atomic E-state index is 13.4. The number of nitrogens with one attached hydrogen (secondary N) is 1. The van der Waals surface area contributed by atoms with E-state index in [-0.39, 0.29) is 29.6 Å². The second-order valence-electron chi connectivity index (χ2n) is 3.44. The first-order valence-corrected chi connectivity index (χ1v) is 5.24. The summed E-state index contributed by atoms with van der Waals surface area (Å²) < 4.78 is 18.4. The Labute approximate surface area is 98.8 Å². The summed E-state index contributed by atoms with van der Waals surface area (Å²) in [7, 11) is 0. The van der Waals surface area contributed by atoms with Crippen LogP contribution in [0.3, 0.4) is 0 Å². The Bertz CT molecular complexity index is 432. The van der Waals surface area contributed by atoms with Crippen LogP contribution in [0.2, 0.25) is 0 Å². The van der Waals surface area contributed by atoms with E-state index in [2.05, 4.69) is 5.32 Å². The molecule has 1 aromatic carbocycles. The first-order chi connectivity index (χ1) is 8.04. The van der Waals surface area contributed by atoms with E-state index in [0.717, 1.165) is 6.07 Å². The molecule has 92 valence electrons. The van der Waals surface area contributed by atoms with Gasteiger partial charge in [0.1, 0.15) is 0 Å². The number of halogens is 1. The van der Waals surface area contributed by atoms with Crippen molar-refractivity contribution in [3.05, 3.63) is 29.6 Å². The first kappa shape index (κ1) is 13.2. The van der Waals surface area contributed by atoms with Crippen molar-refractivity contribution in [2.45, 2.75) is 13.8 Å². The van der Waals surface area contributed by atoms with E-state index in [1.165, 1.54) is 19.1 Å². The van der Waals surface area contributed by atoms with Gasteiger partial charge in [-0.25, -0.2) is 4.39 Å². The molecule has 4 nitrogen and oxygen atoms in total. The predicted octanol–water partition coefficient (Wildman–Crippen LogP) is 1.54. The van der Waals surface area contributed by atoms with Gasteiger partial charge in [0.15, 0.2) is 24.0 Å². The highest BCUT2D eigenvalue weighted by Gasteiger charge is 2.09. The quantitative estimate of drug-likeness (QED) is 0.793. The molecule has 1 N–H and O–H groups in total. The summed E-state index contributed by atoms with van der Waals surface area (Å²) in [5.74, 6) is -1.23. The van der Waals surface area contributed by atoms with Crippen molar-refractivity contribution >= 4 is 11.7 Å². The van der Waals surface area contributed by atoms with Gasteiger partial charge in [-0.15, -0.1) is 0 Å². The van der Waals surface area contributed by atoms with Crippen LogP contribution in [0.15, 0.2) is 18.2 Å². The van der Waals surface area contributed by atoms with E-state index in [9.17, 15) is 14.0 Å². The van der Waals surface area contributed by atoms with Crippen molar-refractivity contribution in [3.8, 4) is 5.75 Å². The third-order valence-corrected chi connectivity index (χ3v) is 2.07. The fourth-order valence-electron chi connectivity index (χ4n) is 1.23. The number of carbonyl (C=O) groups is 2. The van der Waals surface area contributed by atoms with Crippen molar-refractivity contribution in [2.75, 3.05) is 13.2 Å². The third-order valence-electron chi connectivity index (χ3n) is 2.07.